The fourth-order valence-corrected chi connectivity index (χ4v) is 3.64. The van der Waals surface area contributed by atoms with E-state index in [1.807, 2.05) is 0 Å². The number of halogens is 1. The number of aromatic nitrogens is 4. The Bertz CT molecular complexity index is 1080. The average molecular weight is 435 g/mol. The molecule has 13 heteroatoms. The van der Waals surface area contributed by atoms with E-state index in [1.54, 1.807) is 30.3 Å². The van der Waals surface area contributed by atoms with Gasteiger partial charge in [-0.2, -0.15) is 0 Å². The normalized spacial score (nSPS) is 24.2. The molecule has 5 atom stereocenters. The molecule has 11 nitrogen and oxygen atoms in total. The molecule has 5 unspecified atom stereocenters. The number of alkyl halides is 1. The average Bonchev–Trinajstić information content (AvgIpc) is 3.30. The van der Waals surface area contributed by atoms with Gasteiger partial charge in [0.1, 0.15) is 12.4 Å². The lowest BCUT2D eigenvalue weighted by Gasteiger charge is -2.15. The third-order valence-corrected chi connectivity index (χ3v) is 4.97. The van der Waals surface area contributed by atoms with E-state index in [9.17, 15) is 23.7 Å². The second-order valence-electron chi connectivity index (χ2n) is 6.35. The number of nitrogens with one attached hydrogen (secondary N) is 1. The number of rotatable bonds is 6. The minimum atomic E-state index is -3.35. The third-order valence-electron chi connectivity index (χ3n) is 4.56. The highest BCUT2D eigenvalue weighted by Crippen LogP contribution is 2.38. The molecule has 0 aliphatic carbocycles. The van der Waals surface area contributed by atoms with Crippen molar-refractivity contribution in [3.63, 3.8) is 0 Å². The van der Waals surface area contributed by atoms with E-state index in [4.69, 9.17) is 4.74 Å². The standard InChI is InChI=1S/C17H15FN5O6P/c18-11-13(29-30(26)27)10(6-24)28-17(11)23-8-21-12-14(19-7-20-15(12)23)22-16(25)9-4-2-1-3-5-9/h1-5,7-8,10-11,13,17,24H,6H2,(H,19,20,22,25). The molecule has 2 aromatic heterocycles. The van der Waals surface area contributed by atoms with Gasteiger partial charge in [0.25, 0.3) is 5.91 Å². The molecule has 3 aromatic rings. The van der Waals surface area contributed by atoms with Crippen LogP contribution < -0.4 is 10.2 Å². The predicted octanol–water partition coefficient (Wildman–Crippen LogP) is 0.709. The van der Waals surface area contributed by atoms with Crippen LogP contribution in [0.2, 0.25) is 0 Å². The van der Waals surface area contributed by atoms with E-state index in [0.29, 0.717) is 5.56 Å². The molecule has 3 heterocycles. The molecule has 0 bridgehead atoms. The fraction of sp³-hybridized carbons (Fsp3) is 0.294. The minimum Gasteiger partial charge on any atom is -0.566 e. The number of ether oxygens (including phenoxy) is 1. The Labute approximate surface area is 169 Å². The van der Waals surface area contributed by atoms with Crippen LogP contribution in [-0.2, 0) is 13.8 Å². The Morgan fingerprint density at radius 2 is 2.10 bits per heavy atom. The number of anilines is 1. The van der Waals surface area contributed by atoms with Gasteiger partial charge in [-0.3, -0.25) is 9.36 Å². The monoisotopic (exact) mass is 435 g/mol. The zero-order chi connectivity index (χ0) is 21.3. The number of aliphatic hydroxyl groups is 1. The number of hydrogen-bond acceptors (Lipinski definition) is 9. The first kappa shape index (κ1) is 20.4. The lowest BCUT2D eigenvalue weighted by molar-refractivity contribution is -0.192. The molecule has 0 saturated carbocycles. The summed E-state index contributed by atoms with van der Waals surface area (Å²) in [5.74, 6) is -0.311. The largest absolute Gasteiger partial charge is 0.566 e. The quantitative estimate of drug-likeness (QED) is 0.533. The second-order valence-corrected chi connectivity index (χ2v) is 7.01. The van der Waals surface area contributed by atoms with Gasteiger partial charge in [-0.1, -0.05) is 18.2 Å². The number of carbonyl (C=O) groups excluding carboxylic acids is 1. The molecule has 1 aliphatic rings. The summed E-state index contributed by atoms with van der Waals surface area (Å²) in [5.41, 5.74) is 0.728. The molecule has 2 N–H and O–H groups in total. The van der Waals surface area contributed by atoms with Crippen molar-refractivity contribution in [3.05, 3.63) is 48.5 Å². The van der Waals surface area contributed by atoms with Crippen LogP contribution in [0, 0.1) is 0 Å². The maximum atomic E-state index is 14.9. The minimum absolute atomic E-state index is 0.107. The van der Waals surface area contributed by atoms with Gasteiger partial charge in [-0.25, -0.2) is 19.3 Å². The zero-order valence-corrected chi connectivity index (χ0v) is 16.1. The molecule has 0 spiro atoms. The summed E-state index contributed by atoms with van der Waals surface area (Å²) in [5, 5.41) is 12.0. The number of fused-ring (bicyclic) bond motifs is 1. The molecule has 4 rings (SSSR count). The summed E-state index contributed by atoms with van der Waals surface area (Å²) < 4.78 is 37.0. The molecule has 1 aliphatic heterocycles. The second kappa shape index (κ2) is 8.46. The number of aliphatic hydroxyl groups excluding tert-OH is 1. The fourth-order valence-electron chi connectivity index (χ4n) is 3.19. The van der Waals surface area contributed by atoms with Gasteiger partial charge < -0.3 is 20.1 Å². The lowest BCUT2D eigenvalue weighted by atomic mass is 10.1. The van der Waals surface area contributed by atoms with Crippen LogP contribution in [0.25, 0.3) is 11.2 Å². The van der Waals surface area contributed by atoms with Crippen molar-refractivity contribution in [3.8, 4) is 0 Å². The Morgan fingerprint density at radius 3 is 2.80 bits per heavy atom. The van der Waals surface area contributed by atoms with Crippen molar-refractivity contribution in [1.29, 1.82) is 0 Å². The number of imidazole rings is 1. The first-order valence-electron chi connectivity index (χ1n) is 8.75. The first-order chi connectivity index (χ1) is 14.5. The van der Waals surface area contributed by atoms with E-state index >= 15 is 0 Å². The maximum Gasteiger partial charge on any atom is 0.488 e. The van der Waals surface area contributed by atoms with Crippen molar-refractivity contribution < 1.29 is 33.0 Å². The Morgan fingerprint density at radius 1 is 1.33 bits per heavy atom. The van der Waals surface area contributed by atoms with Gasteiger partial charge in [0.15, 0.2) is 35.5 Å². The summed E-state index contributed by atoms with van der Waals surface area (Å²) >= 11 is 0. The summed E-state index contributed by atoms with van der Waals surface area (Å²) in [6.45, 7) is -0.648. The van der Waals surface area contributed by atoms with Crippen LogP contribution in [0.1, 0.15) is 16.6 Å². The number of amides is 1. The predicted molar refractivity (Wildman–Crippen MR) is 98.1 cm³/mol. The van der Waals surface area contributed by atoms with Gasteiger partial charge in [0.05, 0.1) is 12.9 Å². The highest BCUT2D eigenvalue weighted by Gasteiger charge is 2.50. The lowest BCUT2D eigenvalue weighted by Crippen LogP contribution is -2.32. The molecule has 0 radical (unpaired) electrons. The topological polar surface area (TPSA) is 152 Å². The van der Waals surface area contributed by atoms with Crippen LogP contribution in [0.15, 0.2) is 43.0 Å². The number of benzene rings is 1. The molecule has 30 heavy (non-hydrogen) atoms. The van der Waals surface area contributed by atoms with E-state index in [-0.39, 0.29) is 17.0 Å². The Balaban J connectivity index is 1.63. The molecular weight excluding hydrogens is 420 g/mol. The number of nitrogens with zero attached hydrogens (tertiary/aromatic N) is 4. The molecule has 1 aromatic carbocycles. The number of hydrogen-bond donors (Lipinski definition) is 2. The highest BCUT2D eigenvalue weighted by molar-refractivity contribution is 7.30. The van der Waals surface area contributed by atoms with Crippen LogP contribution in [0.5, 0.6) is 0 Å². The SMILES string of the molecule is O=C(Nc1ncnc2c1ncn2C1OC(CO)C(O[P+](=O)[O-])C1F)c1ccccc1. The van der Waals surface area contributed by atoms with Crippen molar-refractivity contribution in [1.82, 2.24) is 19.5 Å². The van der Waals surface area contributed by atoms with E-state index in [0.717, 1.165) is 6.33 Å². The smallest absolute Gasteiger partial charge is 0.488 e. The molecular formula is C17H15FN5O6P. The van der Waals surface area contributed by atoms with Gasteiger partial charge in [0, 0.05) is 5.56 Å². The van der Waals surface area contributed by atoms with Crippen molar-refractivity contribution in [2.45, 2.75) is 24.6 Å². The van der Waals surface area contributed by atoms with Gasteiger partial charge in [-0.05, 0) is 16.7 Å². The Kier molecular flexibility index (Phi) is 5.75. The molecule has 156 valence electrons. The molecule has 1 fully saturated rings. The maximum absolute atomic E-state index is 14.9. The highest BCUT2D eigenvalue weighted by atomic mass is 31.1. The van der Waals surface area contributed by atoms with E-state index < -0.39 is 45.4 Å². The molecule has 1 amide bonds. The van der Waals surface area contributed by atoms with Gasteiger partial charge in [-0.15, -0.1) is 4.52 Å². The summed E-state index contributed by atoms with van der Waals surface area (Å²) in [6, 6.07) is 8.45. The van der Waals surface area contributed by atoms with Crippen LogP contribution in [-0.4, -0.2) is 55.5 Å². The summed E-state index contributed by atoms with van der Waals surface area (Å²) in [4.78, 5) is 35.5. The molecule has 1 saturated heterocycles. The van der Waals surface area contributed by atoms with Gasteiger partial charge in [0.2, 0.25) is 0 Å². The van der Waals surface area contributed by atoms with Crippen LogP contribution in [0.4, 0.5) is 10.2 Å². The van der Waals surface area contributed by atoms with Crippen molar-refractivity contribution in [2.75, 3.05) is 11.9 Å². The summed E-state index contributed by atoms with van der Waals surface area (Å²) in [6.07, 6.45) is -3.60. The summed E-state index contributed by atoms with van der Waals surface area (Å²) in [7, 11) is -3.35. The zero-order valence-electron chi connectivity index (χ0n) is 15.2. The van der Waals surface area contributed by atoms with E-state index in [2.05, 4.69) is 24.8 Å². The van der Waals surface area contributed by atoms with E-state index in [1.165, 1.54) is 10.9 Å². The Hall–Kier alpha value is -2.89. The number of carbonyl (C=O) groups is 1. The van der Waals surface area contributed by atoms with Crippen LogP contribution >= 0.6 is 8.25 Å². The third kappa shape index (κ3) is 3.78. The van der Waals surface area contributed by atoms with Gasteiger partial charge >= 0.3 is 8.25 Å². The van der Waals surface area contributed by atoms with Crippen molar-refractivity contribution >= 4 is 31.1 Å². The van der Waals surface area contributed by atoms with Crippen LogP contribution in [0.3, 0.4) is 0 Å². The first-order valence-corrected chi connectivity index (χ1v) is 9.84. The van der Waals surface area contributed by atoms with Crippen molar-refractivity contribution in [2.24, 2.45) is 0 Å².